The van der Waals surface area contributed by atoms with Gasteiger partial charge in [-0.25, -0.2) is 0 Å². The summed E-state index contributed by atoms with van der Waals surface area (Å²) in [6, 6.07) is -0.692. The second-order valence-corrected chi connectivity index (χ2v) is 9.26. The number of amides is 3. The second kappa shape index (κ2) is 9.86. The predicted molar refractivity (Wildman–Crippen MR) is 116 cm³/mol. The average Bonchev–Trinajstić information content (AvgIpc) is 3.37. The molecular weight excluding hydrogens is 398 g/mol. The molecule has 3 aliphatic rings. The number of likely N-dealkylation sites (tertiary alicyclic amines) is 1. The largest absolute Gasteiger partial charge is 0.396 e. The molecule has 3 aliphatic heterocycles. The number of aliphatic hydroxyl groups is 1. The van der Waals surface area contributed by atoms with Gasteiger partial charge in [0, 0.05) is 26.7 Å². The summed E-state index contributed by atoms with van der Waals surface area (Å²) in [7, 11) is 1.59. The van der Waals surface area contributed by atoms with E-state index >= 15 is 0 Å². The number of carbonyl (C=O) groups is 3. The third kappa shape index (κ3) is 3.97. The minimum atomic E-state index is -0.925. The van der Waals surface area contributed by atoms with Crippen LogP contribution in [0, 0.1) is 11.8 Å². The summed E-state index contributed by atoms with van der Waals surface area (Å²) in [6.07, 6.45) is 7.07. The van der Waals surface area contributed by atoms with Crippen molar-refractivity contribution in [2.24, 2.45) is 11.8 Å². The Morgan fingerprint density at radius 2 is 1.87 bits per heavy atom. The molecule has 31 heavy (non-hydrogen) atoms. The molecule has 0 aliphatic carbocycles. The molecule has 0 saturated carbocycles. The Balaban J connectivity index is 1.89. The molecule has 3 N–H and O–H groups in total. The van der Waals surface area contributed by atoms with Crippen LogP contribution in [0.15, 0.2) is 0 Å². The molecule has 2 bridgehead atoms. The van der Waals surface area contributed by atoms with Gasteiger partial charge in [0.05, 0.1) is 17.4 Å². The van der Waals surface area contributed by atoms with Crippen LogP contribution in [-0.2, 0) is 19.1 Å². The minimum absolute atomic E-state index is 0.124. The summed E-state index contributed by atoms with van der Waals surface area (Å²) >= 11 is 0. The van der Waals surface area contributed by atoms with E-state index < -0.39 is 29.1 Å². The van der Waals surface area contributed by atoms with Crippen LogP contribution < -0.4 is 10.6 Å². The Labute approximate surface area is 185 Å². The van der Waals surface area contributed by atoms with Gasteiger partial charge in [-0.2, -0.15) is 0 Å². The fraction of sp³-hybridized carbons (Fsp3) is 0.870. The van der Waals surface area contributed by atoms with Gasteiger partial charge in [0.25, 0.3) is 0 Å². The third-order valence-electron chi connectivity index (χ3n) is 7.59. The Morgan fingerprint density at radius 3 is 2.52 bits per heavy atom. The zero-order valence-electron chi connectivity index (χ0n) is 19.2. The quantitative estimate of drug-likeness (QED) is 0.400. The van der Waals surface area contributed by atoms with Gasteiger partial charge in [-0.3, -0.25) is 14.4 Å². The van der Waals surface area contributed by atoms with E-state index in [1.807, 2.05) is 6.92 Å². The molecule has 176 valence electrons. The van der Waals surface area contributed by atoms with Crippen LogP contribution in [0.4, 0.5) is 0 Å². The van der Waals surface area contributed by atoms with Crippen molar-refractivity contribution in [3.05, 3.63) is 0 Å². The predicted octanol–water partition coefficient (Wildman–Crippen LogP) is 1.36. The summed E-state index contributed by atoms with van der Waals surface area (Å²) in [4.78, 5) is 41.6. The first kappa shape index (κ1) is 24.0. The summed E-state index contributed by atoms with van der Waals surface area (Å²) in [5.74, 6) is -1.63. The van der Waals surface area contributed by atoms with Crippen molar-refractivity contribution in [3.8, 4) is 0 Å². The summed E-state index contributed by atoms with van der Waals surface area (Å²) in [5, 5.41) is 14.7. The first-order chi connectivity index (χ1) is 14.9. The molecule has 0 aromatic heterocycles. The molecule has 3 fully saturated rings. The van der Waals surface area contributed by atoms with Crippen molar-refractivity contribution in [1.29, 1.82) is 0 Å². The number of fused-ring (bicyclic) bond motifs is 1. The molecule has 8 nitrogen and oxygen atoms in total. The van der Waals surface area contributed by atoms with Crippen molar-refractivity contribution >= 4 is 17.7 Å². The molecule has 3 heterocycles. The Morgan fingerprint density at radius 1 is 1.13 bits per heavy atom. The van der Waals surface area contributed by atoms with Crippen LogP contribution in [0.2, 0.25) is 0 Å². The van der Waals surface area contributed by atoms with Crippen LogP contribution in [0.1, 0.15) is 71.6 Å². The van der Waals surface area contributed by atoms with Gasteiger partial charge in [0.1, 0.15) is 11.6 Å². The highest BCUT2D eigenvalue weighted by Crippen LogP contribution is 2.64. The lowest BCUT2D eigenvalue weighted by Gasteiger charge is -2.33. The van der Waals surface area contributed by atoms with E-state index in [9.17, 15) is 14.4 Å². The number of rotatable bonds is 12. The number of unbranched alkanes of at least 4 members (excludes halogenated alkanes) is 4. The number of hydrogen-bond donors (Lipinski definition) is 3. The lowest BCUT2D eigenvalue weighted by Crippen LogP contribution is -2.55. The lowest BCUT2D eigenvalue weighted by molar-refractivity contribution is -0.147. The van der Waals surface area contributed by atoms with Gasteiger partial charge in [-0.1, -0.05) is 33.1 Å². The summed E-state index contributed by atoms with van der Waals surface area (Å²) < 4.78 is 6.62. The van der Waals surface area contributed by atoms with Gasteiger partial charge in [-0.05, 0) is 38.5 Å². The zero-order chi connectivity index (χ0) is 22.6. The zero-order valence-corrected chi connectivity index (χ0v) is 19.2. The van der Waals surface area contributed by atoms with Crippen LogP contribution in [0.5, 0.6) is 0 Å². The van der Waals surface area contributed by atoms with Gasteiger partial charge < -0.3 is 25.4 Å². The van der Waals surface area contributed by atoms with Crippen LogP contribution in [-0.4, -0.2) is 71.7 Å². The van der Waals surface area contributed by atoms with Crippen LogP contribution in [0.25, 0.3) is 0 Å². The lowest BCUT2D eigenvalue weighted by atomic mass is 9.65. The summed E-state index contributed by atoms with van der Waals surface area (Å²) in [6.45, 7) is 5.27. The van der Waals surface area contributed by atoms with E-state index in [0.717, 1.165) is 38.5 Å². The minimum Gasteiger partial charge on any atom is -0.396 e. The molecule has 5 atom stereocenters. The Kier molecular flexibility index (Phi) is 7.63. The van der Waals surface area contributed by atoms with E-state index in [4.69, 9.17) is 9.84 Å². The molecule has 3 saturated heterocycles. The van der Waals surface area contributed by atoms with Crippen LogP contribution in [0.3, 0.4) is 0 Å². The van der Waals surface area contributed by atoms with E-state index in [0.29, 0.717) is 32.4 Å². The van der Waals surface area contributed by atoms with E-state index in [2.05, 4.69) is 17.6 Å². The highest BCUT2D eigenvalue weighted by Gasteiger charge is 2.78. The molecule has 0 aromatic rings. The number of ether oxygens (including phenoxy) is 1. The van der Waals surface area contributed by atoms with Crippen molar-refractivity contribution < 1.29 is 24.2 Å². The first-order valence-electron chi connectivity index (χ1n) is 12.0. The van der Waals surface area contributed by atoms with Crippen molar-refractivity contribution in [2.75, 3.05) is 26.7 Å². The summed E-state index contributed by atoms with van der Waals surface area (Å²) in [5.41, 5.74) is -1.60. The Hall–Kier alpha value is -1.67. The molecule has 3 amide bonds. The van der Waals surface area contributed by atoms with Crippen molar-refractivity contribution in [1.82, 2.24) is 15.5 Å². The molecule has 1 spiro atoms. The number of carbonyl (C=O) groups excluding carboxylic acids is 3. The number of nitrogens with one attached hydrogen (secondary N) is 2. The highest BCUT2D eigenvalue weighted by molar-refractivity contribution is 5.99. The smallest absolute Gasteiger partial charge is 0.245 e. The van der Waals surface area contributed by atoms with Gasteiger partial charge in [0.2, 0.25) is 17.7 Å². The molecule has 3 rings (SSSR count). The van der Waals surface area contributed by atoms with Gasteiger partial charge in [0.15, 0.2) is 0 Å². The van der Waals surface area contributed by atoms with E-state index in [1.165, 1.54) is 0 Å². The second-order valence-electron chi connectivity index (χ2n) is 9.26. The third-order valence-corrected chi connectivity index (χ3v) is 7.59. The number of aliphatic hydroxyl groups excluding tert-OH is 1. The molecular formula is C23H39N3O5. The fourth-order valence-electron chi connectivity index (χ4n) is 6.05. The highest BCUT2D eigenvalue weighted by atomic mass is 16.5. The van der Waals surface area contributed by atoms with Crippen molar-refractivity contribution in [2.45, 2.75) is 88.9 Å². The molecule has 0 radical (unpaired) electrons. The Bertz CT molecular complexity index is 686. The normalized spacial score (nSPS) is 33.6. The molecule has 0 aromatic carbocycles. The maximum Gasteiger partial charge on any atom is 0.245 e. The maximum absolute atomic E-state index is 13.7. The van der Waals surface area contributed by atoms with Gasteiger partial charge in [-0.15, -0.1) is 0 Å². The maximum atomic E-state index is 13.7. The van der Waals surface area contributed by atoms with Crippen LogP contribution >= 0.6 is 0 Å². The van der Waals surface area contributed by atoms with Gasteiger partial charge >= 0.3 is 0 Å². The number of hydrogen-bond acceptors (Lipinski definition) is 5. The average molecular weight is 438 g/mol. The monoisotopic (exact) mass is 437 g/mol. The first-order valence-corrected chi connectivity index (χ1v) is 12.0. The molecule has 8 heteroatoms. The van der Waals surface area contributed by atoms with E-state index in [1.54, 1.807) is 11.9 Å². The number of nitrogens with zero attached hydrogens (tertiary/aromatic N) is 1. The fourth-order valence-corrected chi connectivity index (χ4v) is 6.05. The van der Waals surface area contributed by atoms with E-state index in [-0.39, 0.29) is 24.3 Å². The van der Waals surface area contributed by atoms with Crippen molar-refractivity contribution in [3.63, 3.8) is 0 Å². The topological polar surface area (TPSA) is 108 Å². The standard InChI is InChI=1S/C23H39N3O5/c1-4-6-13-25-20(29)18-23-12-11-22(5-2,31-23)16(19(28)24-3)17(23)21(30)26(18)14-9-7-8-10-15-27/h16-18,27H,4-15H2,1-3H3,(H,24,28)(H,25,29)/t16-,17+,18?,22+,23?/m1/s1. The SMILES string of the molecule is CCCCNC(=O)C1N(CCCCCCO)C(=O)[C@@H]2[C@H](C(=O)NC)[C@]3(CC)CCC12O3. The molecule has 2 unspecified atom stereocenters.